The fourth-order valence-electron chi connectivity index (χ4n) is 1.68. The van der Waals surface area contributed by atoms with Crippen molar-refractivity contribution in [2.75, 3.05) is 4.90 Å². The molecule has 0 saturated carbocycles. The topological polar surface area (TPSA) is 111 Å². The van der Waals surface area contributed by atoms with Crippen LogP contribution in [-0.4, -0.2) is 48.5 Å². The highest BCUT2D eigenvalue weighted by atomic mass is 35.5. The van der Waals surface area contributed by atoms with Crippen LogP contribution in [0.5, 0.6) is 0 Å². The van der Waals surface area contributed by atoms with Crippen molar-refractivity contribution < 1.29 is 23.3 Å². The van der Waals surface area contributed by atoms with Crippen LogP contribution in [0.1, 0.15) is 68.0 Å². The Hall–Kier alpha value is -2.07. The van der Waals surface area contributed by atoms with Gasteiger partial charge in [-0.1, -0.05) is 11.6 Å². The van der Waals surface area contributed by atoms with Gasteiger partial charge < -0.3 is 9.47 Å². The molecule has 0 radical (unpaired) electrons. The molecule has 0 bridgehead atoms. The quantitative estimate of drug-likeness (QED) is 0.601. The van der Waals surface area contributed by atoms with E-state index in [9.17, 15) is 13.8 Å². The van der Waals surface area contributed by atoms with E-state index >= 15 is 0 Å². The van der Waals surface area contributed by atoms with E-state index in [1.54, 1.807) is 62.3 Å². The predicted octanol–water partition coefficient (Wildman–Crippen LogP) is 4.69. The Labute approximate surface area is 184 Å². The molecular weight excluding hydrogens is 432 g/mol. The van der Waals surface area contributed by atoms with Gasteiger partial charge in [0.25, 0.3) is 0 Å². The number of imide groups is 1. The largest absolute Gasteiger partial charge is 0.443 e. The van der Waals surface area contributed by atoms with Crippen LogP contribution in [0.15, 0.2) is 10.6 Å². The lowest BCUT2D eigenvalue weighted by Crippen LogP contribution is -2.44. The fraction of sp³-hybridized carbons (Fsp3) is 0.632. The Balaban J connectivity index is 3.39. The van der Waals surface area contributed by atoms with Crippen LogP contribution in [-0.2, 0) is 20.5 Å². The number of ether oxygens (including phenoxy) is 2. The molecule has 9 nitrogen and oxygen atoms in total. The minimum Gasteiger partial charge on any atom is -0.443 e. The highest BCUT2D eigenvalue weighted by Crippen LogP contribution is 2.21. The number of anilines is 1. The molecule has 0 aliphatic carbocycles. The van der Waals surface area contributed by atoms with Gasteiger partial charge in [0.05, 0.1) is 22.2 Å². The second-order valence-corrected chi connectivity index (χ2v) is 11.6. The van der Waals surface area contributed by atoms with Gasteiger partial charge >= 0.3 is 12.2 Å². The first kappa shape index (κ1) is 26.0. The molecule has 0 aliphatic rings. The van der Waals surface area contributed by atoms with E-state index in [1.807, 2.05) is 0 Å². The first-order valence-electron chi connectivity index (χ1n) is 9.15. The van der Waals surface area contributed by atoms with E-state index in [-0.39, 0.29) is 16.7 Å². The van der Waals surface area contributed by atoms with E-state index in [0.717, 1.165) is 0 Å². The molecule has 1 aromatic heterocycles. The van der Waals surface area contributed by atoms with Crippen LogP contribution in [0.3, 0.4) is 0 Å². The van der Waals surface area contributed by atoms with Gasteiger partial charge in [-0.25, -0.2) is 23.8 Å². The molecule has 0 N–H and O–H groups in total. The molecule has 2 amide bonds. The molecular formula is C19H29ClN4O5S. The molecule has 0 spiro atoms. The summed E-state index contributed by atoms with van der Waals surface area (Å²) in [5, 5.41) is 0.0988. The first-order valence-corrected chi connectivity index (χ1v) is 10.6. The van der Waals surface area contributed by atoms with Crippen LogP contribution in [0, 0.1) is 0 Å². The van der Waals surface area contributed by atoms with Gasteiger partial charge in [0.1, 0.15) is 27.9 Å². The van der Waals surface area contributed by atoms with Crippen LogP contribution >= 0.6 is 11.6 Å². The van der Waals surface area contributed by atoms with Gasteiger partial charge in [0.2, 0.25) is 5.95 Å². The Morgan fingerprint density at radius 1 is 1.03 bits per heavy atom. The number of hydrogen-bond donors (Lipinski definition) is 0. The van der Waals surface area contributed by atoms with Crippen LogP contribution in [0.2, 0.25) is 5.02 Å². The van der Waals surface area contributed by atoms with E-state index in [0.29, 0.717) is 4.90 Å². The molecule has 1 atom stereocenters. The summed E-state index contributed by atoms with van der Waals surface area (Å²) in [5.41, 5.74) is -1.67. The zero-order chi connectivity index (χ0) is 23.5. The van der Waals surface area contributed by atoms with Gasteiger partial charge in [-0.15, -0.1) is 4.90 Å². The van der Waals surface area contributed by atoms with Crippen molar-refractivity contribution in [2.45, 2.75) is 78.3 Å². The van der Waals surface area contributed by atoms with Crippen LogP contribution < -0.4 is 4.90 Å². The molecule has 0 saturated heterocycles. The van der Waals surface area contributed by atoms with Crippen molar-refractivity contribution >= 4 is 46.9 Å². The van der Waals surface area contributed by atoms with Gasteiger partial charge in [-0.05, 0) is 62.3 Å². The van der Waals surface area contributed by atoms with Gasteiger partial charge in [-0.2, -0.15) is 4.40 Å². The van der Waals surface area contributed by atoms with Crippen molar-refractivity contribution in [3.05, 3.63) is 16.9 Å². The molecule has 1 heterocycles. The zero-order valence-corrected chi connectivity index (χ0v) is 20.3. The lowest BCUT2D eigenvalue weighted by Gasteiger charge is -2.27. The molecule has 1 aromatic rings. The first-order chi connectivity index (χ1) is 13.4. The number of carbonyl (C=O) groups is 2. The Morgan fingerprint density at radius 2 is 1.50 bits per heavy atom. The second kappa shape index (κ2) is 9.38. The van der Waals surface area contributed by atoms with Crippen molar-refractivity contribution in [3.8, 4) is 0 Å². The summed E-state index contributed by atoms with van der Waals surface area (Å²) in [6, 6.07) is 0. The normalized spacial score (nSPS) is 13.8. The third-order valence-corrected chi connectivity index (χ3v) is 4.54. The fourth-order valence-corrected chi connectivity index (χ4v) is 2.33. The SMILES string of the molecule is CC(C)(C)OC(=O)N(C(=O)OC(C)(C)C)c1ncc(Cl)c(C=NS(=O)C(C)(C)C)n1. The highest BCUT2D eigenvalue weighted by Gasteiger charge is 2.35. The summed E-state index contributed by atoms with van der Waals surface area (Å²) in [6.45, 7) is 15.2. The minimum absolute atomic E-state index is 0.0800. The smallest absolute Gasteiger partial charge is 0.427 e. The van der Waals surface area contributed by atoms with E-state index < -0.39 is 39.1 Å². The van der Waals surface area contributed by atoms with E-state index in [2.05, 4.69) is 14.4 Å². The lowest BCUT2D eigenvalue weighted by atomic mass is 10.2. The van der Waals surface area contributed by atoms with Crippen molar-refractivity contribution in [2.24, 2.45) is 4.40 Å². The maximum Gasteiger partial charge on any atom is 0.427 e. The molecule has 168 valence electrons. The number of aromatic nitrogens is 2. The van der Waals surface area contributed by atoms with Crippen LogP contribution in [0.4, 0.5) is 15.5 Å². The standard InChI is InChI=1S/C19H29ClN4O5S/c1-17(2,3)28-15(25)24(16(26)29-18(4,5)6)14-21-10-12(20)13(23-14)11-22-30(27)19(7,8)9/h10-11H,1-9H3. The second-order valence-electron chi connectivity index (χ2n) is 9.30. The Bertz CT molecular complexity index is 826. The minimum atomic E-state index is -1.55. The molecule has 0 aliphatic heterocycles. The lowest BCUT2D eigenvalue weighted by molar-refractivity contribution is 0.0427. The summed E-state index contributed by atoms with van der Waals surface area (Å²) in [5.74, 6) is -0.314. The molecule has 0 aromatic carbocycles. The molecule has 1 unspecified atom stereocenters. The van der Waals surface area contributed by atoms with Crippen molar-refractivity contribution in [1.29, 1.82) is 0 Å². The summed E-state index contributed by atoms with van der Waals surface area (Å²) >= 11 is 6.10. The van der Waals surface area contributed by atoms with E-state index in [1.165, 1.54) is 12.4 Å². The summed E-state index contributed by atoms with van der Waals surface area (Å²) in [6.07, 6.45) is 0.380. The highest BCUT2D eigenvalue weighted by molar-refractivity contribution is 7.85. The number of nitrogens with zero attached hydrogens (tertiary/aromatic N) is 4. The van der Waals surface area contributed by atoms with Gasteiger partial charge in [0.15, 0.2) is 0 Å². The van der Waals surface area contributed by atoms with Crippen molar-refractivity contribution in [3.63, 3.8) is 0 Å². The number of amides is 2. The average Bonchev–Trinajstić information content (AvgIpc) is 2.50. The van der Waals surface area contributed by atoms with E-state index in [4.69, 9.17) is 21.1 Å². The summed E-state index contributed by atoms with van der Waals surface area (Å²) in [4.78, 5) is 34.0. The molecule has 11 heteroatoms. The third kappa shape index (κ3) is 8.35. The third-order valence-electron chi connectivity index (χ3n) is 2.91. The summed E-state index contributed by atoms with van der Waals surface area (Å²) in [7, 11) is -1.55. The number of hydrogen-bond acceptors (Lipinski definition) is 7. The molecule has 30 heavy (non-hydrogen) atoms. The molecule has 0 fully saturated rings. The summed E-state index contributed by atoms with van der Waals surface area (Å²) < 4.78 is 26.1. The number of halogens is 1. The Morgan fingerprint density at radius 3 is 1.90 bits per heavy atom. The van der Waals surface area contributed by atoms with Gasteiger partial charge in [0, 0.05) is 0 Å². The van der Waals surface area contributed by atoms with Crippen molar-refractivity contribution in [1.82, 2.24) is 9.97 Å². The van der Waals surface area contributed by atoms with Crippen LogP contribution in [0.25, 0.3) is 0 Å². The zero-order valence-electron chi connectivity index (χ0n) is 18.8. The number of carbonyl (C=O) groups excluding carboxylic acids is 2. The molecule has 1 rings (SSSR count). The Kier molecular flexibility index (Phi) is 8.12. The maximum atomic E-state index is 12.7. The monoisotopic (exact) mass is 460 g/mol. The average molecular weight is 461 g/mol. The number of rotatable bonds is 3. The maximum absolute atomic E-state index is 12.7. The van der Waals surface area contributed by atoms with Gasteiger partial charge in [-0.3, -0.25) is 0 Å². The predicted molar refractivity (Wildman–Crippen MR) is 117 cm³/mol.